The minimum Gasteiger partial charge on any atom is -0.497 e. The highest BCUT2D eigenvalue weighted by Crippen LogP contribution is 2.11. The first-order chi connectivity index (χ1) is 13.5. The molecule has 0 heterocycles. The van der Waals surface area contributed by atoms with Gasteiger partial charge in [0.25, 0.3) is 0 Å². The van der Waals surface area contributed by atoms with E-state index >= 15 is 0 Å². The second-order valence-electron chi connectivity index (χ2n) is 6.58. The number of nitrogens with one attached hydrogen (secondary N) is 4. The van der Waals surface area contributed by atoms with Gasteiger partial charge in [0.2, 0.25) is 0 Å². The highest BCUT2D eigenvalue weighted by atomic mass is 16.5. The molecule has 0 atom stereocenters. The van der Waals surface area contributed by atoms with Gasteiger partial charge < -0.3 is 26.0 Å². The number of hydrogen-bond donors (Lipinski definition) is 4. The smallest absolute Gasteiger partial charge is 0.319 e. The van der Waals surface area contributed by atoms with E-state index in [-0.39, 0.29) is 12.1 Å². The highest BCUT2D eigenvalue weighted by Gasteiger charge is 2.04. The van der Waals surface area contributed by atoms with Gasteiger partial charge in [0, 0.05) is 31.9 Å². The van der Waals surface area contributed by atoms with Gasteiger partial charge in [0.05, 0.1) is 7.11 Å². The standard InChI is InChI=1S/C21H29N5O2/c1-15(2)25-21(27)26-18-9-5-16(6-10-18)13-23-20(22-3)24-14-17-7-11-19(28-4)12-8-17/h5-12,15H,13-14H2,1-4H3,(H2,22,23,24)(H2,25,26,27). The Kier molecular flexibility index (Phi) is 8.14. The summed E-state index contributed by atoms with van der Waals surface area (Å²) in [5, 5.41) is 12.2. The molecule has 28 heavy (non-hydrogen) atoms. The Morgan fingerprint density at radius 1 is 0.964 bits per heavy atom. The molecule has 0 aliphatic rings. The van der Waals surface area contributed by atoms with E-state index in [9.17, 15) is 4.79 Å². The Labute approximate surface area is 166 Å². The van der Waals surface area contributed by atoms with Crippen LogP contribution in [0.15, 0.2) is 53.5 Å². The fourth-order valence-corrected chi connectivity index (χ4v) is 2.47. The van der Waals surface area contributed by atoms with Crippen molar-refractivity contribution in [3.8, 4) is 5.75 Å². The fourth-order valence-electron chi connectivity index (χ4n) is 2.47. The first kappa shape index (κ1) is 21.1. The predicted octanol–water partition coefficient (Wildman–Crippen LogP) is 3.09. The van der Waals surface area contributed by atoms with Gasteiger partial charge in [-0.15, -0.1) is 0 Å². The molecule has 150 valence electrons. The molecule has 0 aliphatic heterocycles. The molecule has 0 saturated heterocycles. The lowest BCUT2D eigenvalue weighted by Gasteiger charge is -2.13. The van der Waals surface area contributed by atoms with Crippen LogP contribution in [-0.4, -0.2) is 32.2 Å². The molecular formula is C21H29N5O2. The summed E-state index contributed by atoms with van der Waals surface area (Å²) in [5.74, 6) is 1.56. The van der Waals surface area contributed by atoms with Gasteiger partial charge >= 0.3 is 6.03 Å². The lowest BCUT2D eigenvalue weighted by Crippen LogP contribution is -2.36. The van der Waals surface area contributed by atoms with Crippen molar-refractivity contribution < 1.29 is 9.53 Å². The molecule has 0 bridgehead atoms. The zero-order valence-corrected chi connectivity index (χ0v) is 16.9. The van der Waals surface area contributed by atoms with Gasteiger partial charge in [-0.3, -0.25) is 4.99 Å². The van der Waals surface area contributed by atoms with E-state index in [0.717, 1.165) is 22.6 Å². The molecule has 0 radical (unpaired) electrons. The largest absolute Gasteiger partial charge is 0.497 e. The van der Waals surface area contributed by atoms with Gasteiger partial charge in [0.1, 0.15) is 5.75 Å². The molecule has 2 amide bonds. The summed E-state index contributed by atoms with van der Waals surface area (Å²) in [6.45, 7) is 5.13. The molecule has 0 aromatic heterocycles. The molecule has 2 aromatic carbocycles. The summed E-state index contributed by atoms with van der Waals surface area (Å²) in [7, 11) is 3.39. The van der Waals surface area contributed by atoms with Crippen LogP contribution in [0.4, 0.5) is 10.5 Å². The molecule has 2 aromatic rings. The maximum Gasteiger partial charge on any atom is 0.319 e. The summed E-state index contributed by atoms with van der Waals surface area (Å²) >= 11 is 0. The predicted molar refractivity (Wildman–Crippen MR) is 114 cm³/mol. The number of carbonyl (C=O) groups is 1. The number of rotatable bonds is 7. The number of hydrogen-bond acceptors (Lipinski definition) is 3. The Balaban J connectivity index is 1.79. The quantitative estimate of drug-likeness (QED) is 0.437. The van der Waals surface area contributed by atoms with Gasteiger partial charge in [-0.2, -0.15) is 0 Å². The first-order valence-corrected chi connectivity index (χ1v) is 9.24. The van der Waals surface area contributed by atoms with Crippen molar-refractivity contribution in [3.63, 3.8) is 0 Å². The molecule has 2 rings (SSSR count). The fraction of sp³-hybridized carbons (Fsp3) is 0.333. The van der Waals surface area contributed by atoms with E-state index in [1.165, 1.54) is 0 Å². The van der Waals surface area contributed by atoms with Gasteiger partial charge in [-0.05, 0) is 49.2 Å². The Bertz CT molecular complexity index is 770. The van der Waals surface area contributed by atoms with Crippen molar-refractivity contribution in [1.82, 2.24) is 16.0 Å². The number of benzene rings is 2. The zero-order chi connectivity index (χ0) is 20.4. The van der Waals surface area contributed by atoms with Crippen LogP contribution in [0.25, 0.3) is 0 Å². The average Bonchev–Trinajstić information content (AvgIpc) is 2.69. The lowest BCUT2D eigenvalue weighted by molar-refractivity contribution is 0.250. The first-order valence-electron chi connectivity index (χ1n) is 9.24. The number of aliphatic imine (C=N–C) groups is 1. The number of ether oxygens (including phenoxy) is 1. The number of carbonyl (C=O) groups excluding carboxylic acids is 1. The summed E-state index contributed by atoms with van der Waals surface area (Å²) in [5.41, 5.74) is 2.98. The molecule has 7 nitrogen and oxygen atoms in total. The number of guanidine groups is 1. The molecular weight excluding hydrogens is 354 g/mol. The van der Waals surface area contributed by atoms with Crippen molar-refractivity contribution in [2.45, 2.75) is 33.0 Å². The molecule has 0 saturated carbocycles. The van der Waals surface area contributed by atoms with Crippen molar-refractivity contribution in [2.75, 3.05) is 19.5 Å². The van der Waals surface area contributed by atoms with Crippen LogP contribution < -0.4 is 26.0 Å². The van der Waals surface area contributed by atoms with Crippen LogP contribution in [0, 0.1) is 0 Å². The Morgan fingerprint density at radius 2 is 1.50 bits per heavy atom. The van der Waals surface area contributed by atoms with E-state index < -0.39 is 0 Å². The molecule has 0 aliphatic carbocycles. The van der Waals surface area contributed by atoms with Crippen LogP contribution in [0.3, 0.4) is 0 Å². The Hall–Kier alpha value is -3.22. The third-order valence-corrected chi connectivity index (χ3v) is 3.93. The molecule has 0 spiro atoms. The Morgan fingerprint density at radius 3 is 1.96 bits per heavy atom. The third kappa shape index (κ3) is 7.19. The van der Waals surface area contributed by atoms with Crippen molar-refractivity contribution in [3.05, 3.63) is 59.7 Å². The second kappa shape index (κ2) is 10.8. The number of nitrogens with zero attached hydrogens (tertiary/aromatic N) is 1. The maximum absolute atomic E-state index is 11.7. The maximum atomic E-state index is 11.7. The van der Waals surface area contributed by atoms with E-state index in [0.29, 0.717) is 19.0 Å². The van der Waals surface area contributed by atoms with Crippen molar-refractivity contribution in [1.29, 1.82) is 0 Å². The number of anilines is 1. The summed E-state index contributed by atoms with van der Waals surface area (Å²) < 4.78 is 5.17. The van der Waals surface area contributed by atoms with Gasteiger partial charge in [-0.25, -0.2) is 4.79 Å². The van der Waals surface area contributed by atoms with E-state index in [2.05, 4.69) is 26.3 Å². The summed E-state index contributed by atoms with van der Waals surface area (Å²) in [6, 6.07) is 15.5. The van der Waals surface area contributed by atoms with Gasteiger partial charge in [-0.1, -0.05) is 24.3 Å². The molecule has 4 N–H and O–H groups in total. The average molecular weight is 383 g/mol. The van der Waals surface area contributed by atoms with E-state index in [1.54, 1.807) is 14.2 Å². The van der Waals surface area contributed by atoms with Crippen LogP contribution in [0.2, 0.25) is 0 Å². The summed E-state index contributed by atoms with van der Waals surface area (Å²) in [6.07, 6.45) is 0. The van der Waals surface area contributed by atoms with Crippen LogP contribution in [0.5, 0.6) is 5.75 Å². The second-order valence-corrected chi connectivity index (χ2v) is 6.58. The zero-order valence-electron chi connectivity index (χ0n) is 16.9. The molecule has 7 heteroatoms. The minimum atomic E-state index is -0.205. The minimum absolute atomic E-state index is 0.0978. The van der Waals surface area contributed by atoms with Crippen LogP contribution in [0.1, 0.15) is 25.0 Å². The van der Waals surface area contributed by atoms with Gasteiger partial charge in [0.15, 0.2) is 5.96 Å². The van der Waals surface area contributed by atoms with E-state index in [1.807, 2.05) is 62.4 Å². The number of amides is 2. The van der Waals surface area contributed by atoms with Crippen LogP contribution in [-0.2, 0) is 13.1 Å². The normalized spacial score (nSPS) is 11.1. The molecule has 0 unspecified atom stereocenters. The monoisotopic (exact) mass is 383 g/mol. The lowest BCUT2D eigenvalue weighted by atomic mass is 10.2. The SMILES string of the molecule is CN=C(NCc1ccc(NC(=O)NC(C)C)cc1)NCc1ccc(OC)cc1. The topological polar surface area (TPSA) is 86.8 Å². The number of urea groups is 1. The van der Waals surface area contributed by atoms with Crippen molar-refractivity contribution in [2.24, 2.45) is 4.99 Å². The van der Waals surface area contributed by atoms with Crippen LogP contribution >= 0.6 is 0 Å². The highest BCUT2D eigenvalue weighted by molar-refractivity contribution is 5.89. The third-order valence-electron chi connectivity index (χ3n) is 3.93. The van der Waals surface area contributed by atoms with Crippen molar-refractivity contribution >= 4 is 17.7 Å². The van der Waals surface area contributed by atoms with E-state index in [4.69, 9.17) is 4.74 Å². The summed E-state index contributed by atoms with van der Waals surface area (Å²) in [4.78, 5) is 16.0. The number of methoxy groups -OCH3 is 1. The molecule has 0 fully saturated rings.